The zero-order valence-corrected chi connectivity index (χ0v) is 19.0. The molecule has 0 saturated carbocycles. The second-order valence-corrected chi connectivity index (χ2v) is 9.05. The molecule has 2 saturated heterocycles. The summed E-state index contributed by atoms with van der Waals surface area (Å²) in [6.07, 6.45) is 4.13. The number of hydrogen-bond acceptors (Lipinski definition) is 6. The SMILES string of the molecule is C[N+]1(c2ccc(C(=O)ON3C(=O)CCC3=O)cc2)CCC(c2cn(-c3ccccc3)nn2)CC1. The van der Waals surface area contributed by atoms with Crippen molar-refractivity contribution < 1.29 is 19.2 Å². The van der Waals surface area contributed by atoms with Gasteiger partial charge < -0.3 is 4.84 Å². The summed E-state index contributed by atoms with van der Waals surface area (Å²) in [6.45, 7) is 1.87. The van der Waals surface area contributed by atoms with Crippen LogP contribution in [0, 0.1) is 0 Å². The Morgan fingerprint density at radius 2 is 1.62 bits per heavy atom. The minimum Gasteiger partial charge on any atom is -0.325 e. The first-order chi connectivity index (χ1) is 16.4. The fourth-order valence-electron chi connectivity index (χ4n) is 4.61. The summed E-state index contributed by atoms with van der Waals surface area (Å²) in [5.74, 6) is -1.33. The molecule has 1 aromatic heterocycles. The molecule has 3 heterocycles. The third-order valence-electron chi connectivity index (χ3n) is 6.80. The molecule has 0 radical (unpaired) electrons. The number of aromatic nitrogens is 3. The molecule has 0 N–H and O–H groups in total. The van der Waals surface area contributed by atoms with Gasteiger partial charge in [0, 0.05) is 31.6 Å². The van der Waals surface area contributed by atoms with E-state index in [1.807, 2.05) is 53.3 Å². The van der Waals surface area contributed by atoms with Crippen molar-refractivity contribution in [1.29, 1.82) is 0 Å². The Kier molecular flexibility index (Phi) is 5.70. The van der Waals surface area contributed by atoms with E-state index in [1.54, 1.807) is 12.1 Å². The standard InChI is InChI=1S/C25H26N5O4/c1-30(21-9-7-19(8-10-21)25(33)34-29-23(31)11-12-24(29)32)15-13-18(14-16-30)22-17-28(27-26-22)20-5-3-2-4-6-20/h2-10,17-18H,11-16H2,1H3/q+1. The highest BCUT2D eigenvalue weighted by Crippen LogP contribution is 2.34. The molecule has 0 unspecified atom stereocenters. The van der Waals surface area contributed by atoms with Crippen LogP contribution in [0.25, 0.3) is 5.69 Å². The lowest BCUT2D eigenvalue weighted by atomic mass is 9.92. The molecule has 0 spiro atoms. The quantitative estimate of drug-likeness (QED) is 0.429. The van der Waals surface area contributed by atoms with Gasteiger partial charge in [-0.05, 0) is 36.4 Å². The fourth-order valence-corrected chi connectivity index (χ4v) is 4.61. The van der Waals surface area contributed by atoms with Crippen LogP contribution in [0.1, 0.15) is 47.7 Å². The number of likely N-dealkylation sites (tertiary alicyclic amines) is 1. The first-order valence-electron chi connectivity index (χ1n) is 11.4. The summed E-state index contributed by atoms with van der Waals surface area (Å²) in [5.41, 5.74) is 3.40. The normalized spacial score (nSPS) is 22.7. The number of nitrogens with zero attached hydrogens (tertiary/aromatic N) is 5. The van der Waals surface area contributed by atoms with Gasteiger partial charge in [0.2, 0.25) is 0 Å². The van der Waals surface area contributed by atoms with E-state index in [-0.39, 0.29) is 12.8 Å². The van der Waals surface area contributed by atoms with Crippen molar-refractivity contribution in [3.05, 3.63) is 72.1 Å². The fraction of sp³-hybridized carbons (Fsp3) is 0.320. The van der Waals surface area contributed by atoms with E-state index in [0.29, 0.717) is 16.5 Å². The maximum Gasteiger partial charge on any atom is 0.363 e. The summed E-state index contributed by atoms with van der Waals surface area (Å²) in [4.78, 5) is 40.7. The number of amides is 2. The molecule has 5 rings (SSSR count). The van der Waals surface area contributed by atoms with E-state index in [1.165, 1.54) is 0 Å². The van der Waals surface area contributed by atoms with Crippen LogP contribution < -0.4 is 4.48 Å². The summed E-state index contributed by atoms with van der Waals surface area (Å²) in [7, 11) is 2.19. The Morgan fingerprint density at radius 1 is 0.971 bits per heavy atom. The van der Waals surface area contributed by atoms with Crippen LogP contribution >= 0.6 is 0 Å². The molecule has 2 fully saturated rings. The lowest BCUT2D eigenvalue weighted by Crippen LogP contribution is -2.50. The van der Waals surface area contributed by atoms with Gasteiger partial charge in [-0.15, -0.1) is 10.2 Å². The van der Waals surface area contributed by atoms with E-state index in [2.05, 4.69) is 17.4 Å². The monoisotopic (exact) mass is 460 g/mol. The minimum atomic E-state index is -0.710. The van der Waals surface area contributed by atoms with Crippen molar-refractivity contribution >= 4 is 23.5 Å². The molecule has 2 aliphatic heterocycles. The molecular weight excluding hydrogens is 434 g/mol. The van der Waals surface area contributed by atoms with Crippen LogP contribution in [0.4, 0.5) is 5.69 Å². The maximum atomic E-state index is 12.4. The molecule has 2 amide bonds. The molecule has 9 nitrogen and oxygen atoms in total. The van der Waals surface area contributed by atoms with Crippen molar-refractivity contribution in [1.82, 2.24) is 24.5 Å². The van der Waals surface area contributed by atoms with Crippen LogP contribution in [0.2, 0.25) is 0 Å². The summed E-state index contributed by atoms with van der Waals surface area (Å²) in [6, 6.07) is 17.2. The summed E-state index contributed by atoms with van der Waals surface area (Å²) < 4.78 is 2.57. The van der Waals surface area contributed by atoms with Gasteiger partial charge in [0.05, 0.1) is 43.3 Å². The van der Waals surface area contributed by atoms with Gasteiger partial charge in [0.1, 0.15) is 5.69 Å². The number of benzene rings is 2. The Bertz CT molecular complexity index is 1200. The number of carbonyl (C=O) groups is 3. The van der Waals surface area contributed by atoms with E-state index in [4.69, 9.17) is 4.84 Å². The van der Waals surface area contributed by atoms with Crippen LogP contribution in [0.15, 0.2) is 60.8 Å². The molecule has 2 aromatic carbocycles. The second-order valence-electron chi connectivity index (χ2n) is 9.05. The van der Waals surface area contributed by atoms with E-state index >= 15 is 0 Å². The van der Waals surface area contributed by atoms with Gasteiger partial charge in [-0.2, -0.15) is 0 Å². The van der Waals surface area contributed by atoms with Gasteiger partial charge in [-0.25, -0.2) is 9.48 Å². The number of quaternary nitrogens is 1. The van der Waals surface area contributed by atoms with Gasteiger partial charge in [-0.3, -0.25) is 14.1 Å². The van der Waals surface area contributed by atoms with Gasteiger partial charge in [0.25, 0.3) is 11.8 Å². The van der Waals surface area contributed by atoms with Crippen molar-refractivity contribution in [3.63, 3.8) is 0 Å². The van der Waals surface area contributed by atoms with E-state index < -0.39 is 17.8 Å². The predicted molar refractivity (Wildman–Crippen MR) is 124 cm³/mol. The zero-order valence-electron chi connectivity index (χ0n) is 19.0. The van der Waals surface area contributed by atoms with Gasteiger partial charge >= 0.3 is 5.97 Å². The van der Waals surface area contributed by atoms with Crippen molar-refractivity contribution in [3.8, 4) is 5.69 Å². The van der Waals surface area contributed by atoms with Crippen LogP contribution in [0.3, 0.4) is 0 Å². The highest BCUT2D eigenvalue weighted by atomic mass is 16.7. The number of carbonyl (C=O) groups excluding carboxylic acids is 3. The Morgan fingerprint density at radius 3 is 2.26 bits per heavy atom. The number of hydroxylamine groups is 2. The number of rotatable bonds is 5. The molecule has 0 aliphatic carbocycles. The molecule has 2 aliphatic rings. The Labute approximate surface area is 197 Å². The van der Waals surface area contributed by atoms with Crippen LogP contribution in [-0.2, 0) is 14.4 Å². The molecular formula is C25H26N5O4+. The number of hydrogen-bond donors (Lipinski definition) is 0. The van der Waals surface area contributed by atoms with Crippen molar-refractivity contribution in [2.75, 3.05) is 20.1 Å². The third-order valence-corrected chi connectivity index (χ3v) is 6.80. The minimum absolute atomic E-state index is 0.0739. The average Bonchev–Trinajstić information content (AvgIpc) is 3.48. The average molecular weight is 461 g/mol. The van der Waals surface area contributed by atoms with E-state index in [0.717, 1.165) is 47.5 Å². The molecule has 9 heteroatoms. The molecule has 3 aromatic rings. The number of imide groups is 1. The molecule has 0 atom stereocenters. The van der Waals surface area contributed by atoms with Crippen molar-refractivity contribution in [2.45, 2.75) is 31.6 Å². The third kappa shape index (κ3) is 4.22. The lowest BCUT2D eigenvalue weighted by Gasteiger charge is -2.39. The summed E-state index contributed by atoms with van der Waals surface area (Å²) in [5, 5.41) is 9.30. The molecule has 174 valence electrons. The predicted octanol–water partition coefficient (Wildman–Crippen LogP) is 3.00. The maximum absolute atomic E-state index is 12.4. The van der Waals surface area contributed by atoms with E-state index in [9.17, 15) is 14.4 Å². The summed E-state index contributed by atoms with van der Waals surface area (Å²) >= 11 is 0. The topological polar surface area (TPSA) is 94.4 Å². The largest absolute Gasteiger partial charge is 0.363 e. The first-order valence-corrected chi connectivity index (χ1v) is 11.4. The first kappa shape index (κ1) is 22.0. The lowest BCUT2D eigenvalue weighted by molar-refractivity contribution is -0.172. The highest BCUT2D eigenvalue weighted by molar-refractivity contribution is 6.02. The van der Waals surface area contributed by atoms with Gasteiger partial charge in [0.15, 0.2) is 0 Å². The Balaban J connectivity index is 1.22. The van der Waals surface area contributed by atoms with Crippen molar-refractivity contribution in [2.24, 2.45) is 0 Å². The van der Waals surface area contributed by atoms with Crippen LogP contribution in [0.5, 0.6) is 0 Å². The van der Waals surface area contributed by atoms with Crippen LogP contribution in [-0.4, -0.2) is 58.0 Å². The smallest absolute Gasteiger partial charge is 0.325 e. The molecule has 0 bridgehead atoms. The molecule has 34 heavy (non-hydrogen) atoms. The van der Waals surface area contributed by atoms with Gasteiger partial charge in [-0.1, -0.05) is 23.4 Å². The zero-order chi connectivity index (χ0) is 23.7. The Hall–Kier alpha value is -3.85. The number of para-hydroxylation sites is 1. The highest BCUT2D eigenvalue weighted by Gasteiger charge is 2.35. The number of piperidine rings is 1. The second kappa shape index (κ2) is 8.83.